The predicted octanol–water partition coefficient (Wildman–Crippen LogP) is 0.0347. The van der Waals surface area contributed by atoms with Crippen LogP contribution in [0.4, 0.5) is 0 Å². The summed E-state index contributed by atoms with van der Waals surface area (Å²) in [5, 5.41) is 10.5. The number of carbonyl (C=O) groups excluding carboxylic acids is 1. The molecule has 6 heteroatoms. The molecule has 1 aromatic rings. The molecule has 0 aliphatic heterocycles. The second kappa shape index (κ2) is 4.59. The predicted molar refractivity (Wildman–Crippen MR) is 50.3 cm³/mol. The molecule has 0 fully saturated rings. The van der Waals surface area contributed by atoms with Crippen LogP contribution in [0.5, 0.6) is 0 Å². The second-order valence-corrected chi connectivity index (χ2v) is 3.10. The number of hydrogen-bond donors (Lipinski definition) is 2. The fraction of sp³-hybridized carbons (Fsp3) is 0.444. The Morgan fingerprint density at radius 2 is 2.13 bits per heavy atom. The highest BCUT2D eigenvalue weighted by molar-refractivity contribution is 5.82. The van der Waals surface area contributed by atoms with Gasteiger partial charge in [0.25, 0.3) is 0 Å². The molecule has 6 nitrogen and oxygen atoms in total. The summed E-state index contributed by atoms with van der Waals surface area (Å²) >= 11 is 0. The zero-order chi connectivity index (χ0) is 11.4. The summed E-state index contributed by atoms with van der Waals surface area (Å²) in [7, 11) is 0. The van der Waals surface area contributed by atoms with E-state index in [9.17, 15) is 9.59 Å². The number of amides is 1. The van der Waals surface area contributed by atoms with Gasteiger partial charge in [-0.1, -0.05) is 0 Å². The first-order chi connectivity index (χ1) is 6.99. The van der Waals surface area contributed by atoms with Crippen molar-refractivity contribution in [1.29, 1.82) is 0 Å². The molecule has 0 bridgehead atoms. The third kappa shape index (κ3) is 3.41. The quantitative estimate of drug-likeness (QED) is 0.734. The minimum absolute atomic E-state index is 0.0397. The van der Waals surface area contributed by atoms with E-state index in [1.807, 2.05) is 0 Å². The molecule has 0 saturated heterocycles. The van der Waals surface area contributed by atoms with Gasteiger partial charge in [-0.3, -0.25) is 9.59 Å². The Balaban J connectivity index is 2.48. The van der Waals surface area contributed by atoms with Gasteiger partial charge < -0.3 is 14.8 Å². The number of hydrogen-bond acceptors (Lipinski definition) is 4. The molecule has 0 radical (unpaired) electrons. The van der Waals surface area contributed by atoms with Gasteiger partial charge in [-0.25, -0.2) is 4.98 Å². The molecule has 0 aliphatic carbocycles. The lowest BCUT2D eigenvalue weighted by atomic mass is 10.4. The highest BCUT2D eigenvalue weighted by atomic mass is 16.4. The number of carboxylic acids is 1. The SMILES string of the molecule is Cc1nc(CC(=O)NCC(=O)O)oc1C. The first kappa shape index (κ1) is 11.2. The average molecular weight is 212 g/mol. The molecule has 0 unspecified atom stereocenters. The normalized spacial score (nSPS) is 10.0. The van der Waals surface area contributed by atoms with E-state index in [1.54, 1.807) is 13.8 Å². The zero-order valence-electron chi connectivity index (χ0n) is 8.53. The van der Waals surface area contributed by atoms with Crippen LogP contribution in [-0.2, 0) is 16.0 Å². The van der Waals surface area contributed by atoms with E-state index in [-0.39, 0.29) is 6.42 Å². The molecule has 1 rings (SSSR count). The van der Waals surface area contributed by atoms with Crippen molar-refractivity contribution in [3.05, 3.63) is 17.3 Å². The number of aryl methyl sites for hydroxylation is 2. The smallest absolute Gasteiger partial charge is 0.322 e. The number of rotatable bonds is 4. The van der Waals surface area contributed by atoms with Gasteiger partial charge in [-0.05, 0) is 13.8 Å². The van der Waals surface area contributed by atoms with Crippen LogP contribution < -0.4 is 5.32 Å². The lowest BCUT2D eigenvalue weighted by Gasteiger charge is -1.98. The zero-order valence-corrected chi connectivity index (χ0v) is 8.53. The van der Waals surface area contributed by atoms with E-state index >= 15 is 0 Å². The second-order valence-electron chi connectivity index (χ2n) is 3.10. The number of aliphatic carboxylic acids is 1. The Hall–Kier alpha value is -1.85. The summed E-state index contributed by atoms with van der Waals surface area (Å²) in [6.45, 7) is 3.13. The van der Waals surface area contributed by atoms with E-state index in [4.69, 9.17) is 9.52 Å². The van der Waals surface area contributed by atoms with Gasteiger partial charge in [-0.15, -0.1) is 0 Å². The minimum Gasteiger partial charge on any atom is -0.480 e. The number of carbonyl (C=O) groups is 2. The molecule has 0 spiro atoms. The van der Waals surface area contributed by atoms with Crippen LogP contribution in [0.3, 0.4) is 0 Å². The highest BCUT2D eigenvalue weighted by Gasteiger charge is 2.11. The van der Waals surface area contributed by atoms with Crippen molar-refractivity contribution in [2.45, 2.75) is 20.3 Å². The van der Waals surface area contributed by atoms with E-state index in [0.717, 1.165) is 5.69 Å². The molecule has 0 saturated carbocycles. The maximum absolute atomic E-state index is 11.2. The molecular formula is C9H12N2O4. The van der Waals surface area contributed by atoms with Crippen molar-refractivity contribution in [2.75, 3.05) is 6.54 Å². The van der Waals surface area contributed by atoms with Crippen LogP contribution in [0.1, 0.15) is 17.3 Å². The molecule has 0 atom stereocenters. The molecule has 0 aliphatic rings. The molecule has 2 N–H and O–H groups in total. The largest absolute Gasteiger partial charge is 0.480 e. The fourth-order valence-electron chi connectivity index (χ4n) is 0.989. The summed E-state index contributed by atoms with van der Waals surface area (Å²) in [5.74, 6) is -0.536. The van der Waals surface area contributed by atoms with Crippen LogP contribution in [0, 0.1) is 13.8 Å². The lowest BCUT2D eigenvalue weighted by molar-refractivity contribution is -0.137. The van der Waals surface area contributed by atoms with Crippen LogP contribution >= 0.6 is 0 Å². The first-order valence-corrected chi connectivity index (χ1v) is 4.40. The number of nitrogens with one attached hydrogen (secondary N) is 1. The number of oxazole rings is 1. The summed E-state index contributed by atoms with van der Waals surface area (Å²) in [6, 6.07) is 0. The maximum Gasteiger partial charge on any atom is 0.322 e. The Bertz CT molecular complexity index is 364. The Morgan fingerprint density at radius 1 is 1.47 bits per heavy atom. The van der Waals surface area contributed by atoms with E-state index < -0.39 is 18.4 Å². The summed E-state index contributed by atoms with van der Waals surface area (Å²) < 4.78 is 5.17. The van der Waals surface area contributed by atoms with Gasteiger partial charge in [0, 0.05) is 0 Å². The fourth-order valence-corrected chi connectivity index (χ4v) is 0.989. The molecule has 82 valence electrons. The average Bonchev–Trinajstić information content (AvgIpc) is 2.42. The summed E-state index contributed by atoms with van der Waals surface area (Å²) in [6.07, 6.45) is -0.0397. The van der Waals surface area contributed by atoms with E-state index in [2.05, 4.69) is 10.3 Å². The van der Waals surface area contributed by atoms with Gasteiger partial charge in [0.1, 0.15) is 18.7 Å². The van der Waals surface area contributed by atoms with Crippen LogP contribution in [0.2, 0.25) is 0 Å². The van der Waals surface area contributed by atoms with E-state index in [0.29, 0.717) is 11.7 Å². The van der Waals surface area contributed by atoms with Crippen molar-refractivity contribution >= 4 is 11.9 Å². The van der Waals surface area contributed by atoms with Crippen molar-refractivity contribution in [2.24, 2.45) is 0 Å². The molecule has 15 heavy (non-hydrogen) atoms. The van der Waals surface area contributed by atoms with Gasteiger partial charge in [0.15, 0.2) is 0 Å². The van der Waals surface area contributed by atoms with Crippen molar-refractivity contribution < 1.29 is 19.1 Å². The third-order valence-electron chi connectivity index (χ3n) is 1.82. The van der Waals surface area contributed by atoms with E-state index in [1.165, 1.54) is 0 Å². The van der Waals surface area contributed by atoms with Crippen LogP contribution in [0.15, 0.2) is 4.42 Å². The Kier molecular flexibility index (Phi) is 3.43. The van der Waals surface area contributed by atoms with Gasteiger partial charge in [-0.2, -0.15) is 0 Å². The third-order valence-corrected chi connectivity index (χ3v) is 1.82. The number of nitrogens with zero attached hydrogens (tertiary/aromatic N) is 1. The molecule has 1 amide bonds. The molecule has 1 aromatic heterocycles. The van der Waals surface area contributed by atoms with Crippen LogP contribution in [0.25, 0.3) is 0 Å². The maximum atomic E-state index is 11.2. The monoisotopic (exact) mass is 212 g/mol. The Morgan fingerprint density at radius 3 is 2.60 bits per heavy atom. The minimum atomic E-state index is -1.08. The topological polar surface area (TPSA) is 92.4 Å². The standard InChI is InChI=1S/C9H12N2O4/c1-5-6(2)15-8(11-5)3-7(12)10-4-9(13)14/h3-4H2,1-2H3,(H,10,12)(H,13,14). The van der Waals surface area contributed by atoms with Crippen molar-refractivity contribution in [3.63, 3.8) is 0 Å². The molecule has 1 heterocycles. The number of aromatic nitrogens is 1. The Labute approximate surface area is 86.3 Å². The number of carboxylic acid groups (broad SMARTS) is 1. The molecular weight excluding hydrogens is 200 g/mol. The van der Waals surface area contributed by atoms with Gasteiger partial charge in [0.05, 0.1) is 5.69 Å². The van der Waals surface area contributed by atoms with Crippen LogP contribution in [-0.4, -0.2) is 28.5 Å². The van der Waals surface area contributed by atoms with Gasteiger partial charge >= 0.3 is 5.97 Å². The highest BCUT2D eigenvalue weighted by Crippen LogP contribution is 2.08. The van der Waals surface area contributed by atoms with Gasteiger partial charge in [0.2, 0.25) is 11.8 Å². The van der Waals surface area contributed by atoms with Crippen molar-refractivity contribution in [3.8, 4) is 0 Å². The lowest BCUT2D eigenvalue weighted by Crippen LogP contribution is -2.30. The van der Waals surface area contributed by atoms with Crippen molar-refractivity contribution in [1.82, 2.24) is 10.3 Å². The molecule has 0 aromatic carbocycles. The summed E-state index contributed by atoms with van der Waals surface area (Å²) in [5.41, 5.74) is 0.732. The summed E-state index contributed by atoms with van der Waals surface area (Å²) in [4.78, 5) is 25.3. The first-order valence-electron chi connectivity index (χ1n) is 4.40.